The van der Waals surface area contributed by atoms with E-state index in [2.05, 4.69) is 39.3 Å². The second-order valence-corrected chi connectivity index (χ2v) is 4.37. The maximum Gasteiger partial charge on any atom is 0.176 e. The third-order valence-corrected chi connectivity index (χ3v) is 2.92. The summed E-state index contributed by atoms with van der Waals surface area (Å²) in [6.07, 6.45) is 1.09. The monoisotopic (exact) mass is 190 g/mol. The molecule has 0 aliphatic carbocycles. The van der Waals surface area contributed by atoms with Gasteiger partial charge in [-0.2, -0.15) is 0 Å². The van der Waals surface area contributed by atoms with E-state index in [-0.39, 0.29) is 0 Å². The number of hydrogen-bond donors (Lipinski definition) is 0. The van der Waals surface area contributed by atoms with Crippen LogP contribution in [0.5, 0.6) is 0 Å². The summed E-state index contributed by atoms with van der Waals surface area (Å²) in [6, 6.07) is 1.12. The van der Waals surface area contributed by atoms with Crippen molar-refractivity contribution in [3.8, 4) is 0 Å². The summed E-state index contributed by atoms with van der Waals surface area (Å²) in [5, 5.41) is 0. The van der Waals surface area contributed by atoms with Crippen LogP contribution in [0.1, 0.15) is 41.0 Å². The summed E-state index contributed by atoms with van der Waals surface area (Å²) >= 11 is 0. The summed E-state index contributed by atoms with van der Waals surface area (Å²) in [5.41, 5.74) is 0. The first kappa shape index (κ1) is 12.3. The Morgan fingerprint density at radius 1 is 1.17 bits per heavy atom. The molecule has 0 unspecified atom stereocenters. The molecule has 2 nitrogen and oxygen atoms in total. The molecular weight excluding hydrogens is 169 g/mol. The van der Waals surface area contributed by atoms with Gasteiger partial charge >= 0.3 is 0 Å². The third kappa shape index (κ3) is 5.08. The Hall–Kier alpha value is 0.350. The fraction of sp³-hybridized carbons (Fsp3) is 1.00. The Morgan fingerprint density at radius 3 is 2.00 bits per heavy atom. The topological polar surface area (TPSA) is 12.5 Å². The van der Waals surface area contributed by atoms with Gasteiger partial charge in [0.15, 0.2) is 8.96 Å². The first-order valence-corrected chi connectivity index (χ1v) is 5.47. The van der Waals surface area contributed by atoms with Crippen LogP contribution >= 0.6 is 8.96 Å². The van der Waals surface area contributed by atoms with Gasteiger partial charge in [0.05, 0.1) is 6.61 Å². The molecule has 0 aromatic rings. The highest BCUT2D eigenvalue weighted by molar-refractivity contribution is 7.29. The molecule has 0 spiro atoms. The standard InChI is InChI=1S/C9H21NOP/c1-6-7-11-12-10(8(2)3)9(4)5/h8-9H,6-7H2,1-5H3. The largest absolute Gasteiger partial charge is 0.337 e. The van der Waals surface area contributed by atoms with Crippen molar-refractivity contribution in [2.24, 2.45) is 0 Å². The van der Waals surface area contributed by atoms with Crippen LogP contribution in [-0.4, -0.2) is 23.4 Å². The fourth-order valence-corrected chi connectivity index (χ4v) is 1.76. The molecule has 0 aliphatic heterocycles. The Balaban J connectivity index is 3.64. The molecule has 0 rings (SSSR count). The summed E-state index contributed by atoms with van der Waals surface area (Å²) in [4.78, 5) is 0. The van der Waals surface area contributed by atoms with Crippen LogP contribution in [-0.2, 0) is 4.52 Å². The highest BCUT2D eigenvalue weighted by Crippen LogP contribution is 2.25. The van der Waals surface area contributed by atoms with Crippen LogP contribution in [0.3, 0.4) is 0 Å². The van der Waals surface area contributed by atoms with Gasteiger partial charge in [0.2, 0.25) is 0 Å². The van der Waals surface area contributed by atoms with Crippen LogP contribution in [0.4, 0.5) is 0 Å². The maximum absolute atomic E-state index is 5.47. The SMILES string of the molecule is CCCO[P]N(C(C)C)C(C)C. The molecule has 0 bridgehead atoms. The highest BCUT2D eigenvalue weighted by Gasteiger charge is 2.14. The van der Waals surface area contributed by atoms with Crippen LogP contribution in [0.25, 0.3) is 0 Å². The van der Waals surface area contributed by atoms with E-state index in [1.165, 1.54) is 0 Å². The first-order chi connectivity index (χ1) is 5.59. The Labute approximate surface area is 78.6 Å². The molecule has 12 heavy (non-hydrogen) atoms. The molecule has 73 valence electrons. The van der Waals surface area contributed by atoms with Crippen molar-refractivity contribution in [3.63, 3.8) is 0 Å². The zero-order valence-corrected chi connectivity index (χ0v) is 9.77. The number of nitrogens with zero attached hydrogens (tertiary/aromatic N) is 1. The lowest BCUT2D eigenvalue weighted by Crippen LogP contribution is -2.29. The lowest BCUT2D eigenvalue weighted by molar-refractivity contribution is 0.267. The predicted octanol–water partition coefficient (Wildman–Crippen LogP) is 3.31. The molecule has 0 saturated heterocycles. The van der Waals surface area contributed by atoms with Gasteiger partial charge in [-0.3, -0.25) is 0 Å². The van der Waals surface area contributed by atoms with Gasteiger partial charge < -0.3 is 4.52 Å². The predicted molar refractivity (Wildman–Crippen MR) is 55.3 cm³/mol. The highest BCUT2D eigenvalue weighted by atomic mass is 31.1. The summed E-state index contributed by atoms with van der Waals surface area (Å²) < 4.78 is 7.78. The van der Waals surface area contributed by atoms with Gasteiger partial charge in [-0.15, -0.1) is 0 Å². The normalized spacial score (nSPS) is 13.0. The van der Waals surface area contributed by atoms with E-state index >= 15 is 0 Å². The molecule has 0 heterocycles. The van der Waals surface area contributed by atoms with E-state index in [1.54, 1.807) is 0 Å². The van der Waals surface area contributed by atoms with Gasteiger partial charge in [0.25, 0.3) is 0 Å². The van der Waals surface area contributed by atoms with Crippen LogP contribution in [0.2, 0.25) is 0 Å². The molecular formula is C9H21NOP. The minimum atomic E-state index is 0.559. The van der Waals surface area contributed by atoms with Gasteiger partial charge in [0.1, 0.15) is 0 Å². The molecule has 0 N–H and O–H groups in total. The van der Waals surface area contributed by atoms with E-state index < -0.39 is 0 Å². The van der Waals surface area contributed by atoms with Crippen LogP contribution in [0, 0.1) is 0 Å². The average molecular weight is 190 g/mol. The van der Waals surface area contributed by atoms with Crippen LogP contribution < -0.4 is 0 Å². The van der Waals surface area contributed by atoms with E-state index in [0.717, 1.165) is 22.0 Å². The minimum Gasteiger partial charge on any atom is -0.337 e. The second kappa shape index (κ2) is 6.82. The first-order valence-electron chi connectivity index (χ1n) is 4.70. The van der Waals surface area contributed by atoms with Gasteiger partial charge in [-0.25, -0.2) is 4.67 Å². The van der Waals surface area contributed by atoms with Crippen molar-refractivity contribution < 1.29 is 4.52 Å². The molecule has 0 aliphatic rings. The van der Waals surface area contributed by atoms with Crippen molar-refractivity contribution in [1.82, 2.24) is 4.67 Å². The molecule has 0 fully saturated rings. The third-order valence-electron chi connectivity index (χ3n) is 1.51. The lowest BCUT2D eigenvalue weighted by Gasteiger charge is -2.27. The van der Waals surface area contributed by atoms with Crippen molar-refractivity contribution in [2.75, 3.05) is 6.61 Å². The Kier molecular flexibility index (Phi) is 7.02. The van der Waals surface area contributed by atoms with Gasteiger partial charge in [-0.05, 0) is 34.1 Å². The molecule has 0 aromatic carbocycles. The zero-order valence-electron chi connectivity index (χ0n) is 8.87. The second-order valence-electron chi connectivity index (χ2n) is 3.48. The molecule has 3 heteroatoms. The van der Waals surface area contributed by atoms with E-state index in [1.807, 2.05) is 0 Å². The average Bonchev–Trinajstić information content (AvgIpc) is 1.96. The van der Waals surface area contributed by atoms with Crippen molar-refractivity contribution in [2.45, 2.75) is 53.1 Å². The maximum atomic E-state index is 5.47. The number of rotatable bonds is 6. The zero-order chi connectivity index (χ0) is 9.56. The summed E-state index contributed by atoms with van der Waals surface area (Å²) in [6.45, 7) is 11.8. The molecule has 0 saturated carbocycles. The van der Waals surface area contributed by atoms with Crippen molar-refractivity contribution in [1.29, 1.82) is 0 Å². The van der Waals surface area contributed by atoms with Crippen molar-refractivity contribution in [3.05, 3.63) is 0 Å². The lowest BCUT2D eigenvalue weighted by atomic mass is 10.3. The van der Waals surface area contributed by atoms with E-state index in [0.29, 0.717) is 12.1 Å². The minimum absolute atomic E-state index is 0.559. The number of hydrogen-bond acceptors (Lipinski definition) is 2. The van der Waals surface area contributed by atoms with E-state index in [9.17, 15) is 0 Å². The molecule has 1 radical (unpaired) electrons. The Bertz CT molecular complexity index is 98.7. The van der Waals surface area contributed by atoms with Crippen molar-refractivity contribution >= 4 is 8.96 Å². The van der Waals surface area contributed by atoms with Crippen LogP contribution in [0.15, 0.2) is 0 Å². The van der Waals surface area contributed by atoms with Gasteiger partial charge in [-0.1, -0.05) is 6.92 Å². The molecule has 0 amide bonds. The molecule has 0 atom stereocenters. The fourth-order valence-electron chi connectivity index (χ4n) is 0.984. The Morgan fingerprint density at radius 2 is 1.67 bits per heavy atom. The molecule has 0 aromatic heterocycles. The van der Waals surface area contributed by atoms with E-state index in [4.69, 9.17) is 4.52 Å². The summed E-state index contributed by atoms with van der Waals surface area (Å²) in [5.74, 6) is 0. The smallest absolute Gasteiger partial charge is 0.176 e. The quantitative estimate of drug-likeness (QED) is 0.470. The summed E-state index contributed by atoms with van der Waals surface area (Å²) in [7, 11) is 1.01. The van der Waals surface area contributed by atoms with Gasteiger partial charge in [0, 0.05) is 12.1 Å².